The van der Waals surface area contributed by atoms with Gasteiger partial charge >= 0.3 is 0 Å². The van der Waals surface area contributed by atoms with Crippen LogP contribution in [0.2, 0.25) is 0 Å². The molecule has 0 spiro atoms. The van der Waals surface area contributed by atoms with Crippen molar-refractivity contribution in [3.05, 3.63) is 54.2 Å². The van der Waals surface area contributed by atoms with Gasteiger partial charge in [-0.3, -0.25) is 4.79 Å². The fourth-order valence-corrected chi connectivity index (χ4v) is 3.57. The Morgan fingerprint density at radius 1 is 0.926 bits per heavy atom. The number of piperazine rings is 1. The molecule has 27 heavy (non-hydrogen) atoms. The van der Waals surface area contributed by atoms with Gasteiger partial charge in [-0.1, -0.05) is 32.0 Å². The SMILES string of the molecule is CCCN(CCC)C(=O)c1ccc(N2CCN(c3ccccc3)CC2)nc1. The lowest BCUT2D eigenvalue weighted by atomic mass is 10.2. The normalized spacial score (nSPS) is 14.3. The van der Waals surface area contributed by atoms with Gasteiger partial charge in [0.2, 0.25) is 0 Å². The van der Waals surface area contributed by atoms with Gasteiger partial charge in [0.05, 0.1) is 5.56 Å². The van der Waals surface area contributed by atoms with Crippen molar-refractivity contribution in [1.29, 1.82) is 0 Å². The number of pyridine rings is 1. The third kappa shape index (κ3) is 4.79. The molecule has 1 aromatic carbocycles. The van der Waals surface area contributed by atoms with Gasteiger partial charge in [0.15, 0.2) is 0 Å². The number of para-hydroxylation sites is 1. The number of amides is 1. The number of rotatable bonds is 7. The molecule has 2 aromatic rings. The van der Waals surface area contributed by atoms with Crippen LogP contribution >= 0.6 is 0 Å². The zero-order chi connectivity index (χ0) is 19.1. The van der Waals surface area contributed by atoms with E-state index in [-0.39, 0.29) is 5.91 Å². The summed E-state index contributed by atoms with van der Waals surface area (Å²) in [5, 5.41) is 0. The Bertz CT molecular complexity index is 703. The Kier molecular flexibility index (Phi) is 6.69. The van der Waals surface area contributed by atoms with Crippen molar-refractivity contribution in [3.63, 3.8) is 0 Å². The number of benzene rings is 1. The molecule has 0 atom stereocenters. The largest absolute Gasteiger partial charge is 0.368 e. The third-order valence-corrected chi connectivity index (χ3v) is 4.99. The van der Waals surface area contributed by atoms with E-state index in [1.165, 1.54) is 5.69 Å². The lowest BCUT2D eigenvalue weighted by Gasteiger charge is -2.36. The summed E-state index contributed by atoms with van der Waals surface area (Å²) in [4.78, 5) is 23.9. The summed E-state index contributed by atoms with van der Waals surface area (Å²) < 4.78 is 0. The molecule has 3 rings (SSSR count). The highest BCUT2D eigenvalue weighted by molar-refractivity contribution is 5.94. The summed E-state index contributed by atoms with van der Waals surface area (Å²) in [5.74, 6) is 1.04. The van der Waals surface area contributed by atoms with Crippen LogP contribution in [0.4, 0.5) is 11.5 Å². The second-order valence-electron chi connectivity index (χ2n) is 7.01. The Morgan fingerprint density at radius 3 is 2.11 bits per heavy atom. The molecule has 0 unspecified atom stereocenters. The van der Waals surface area contributed by atoms with Gasteiger partial charge in [-0.05, 0) is 37.1 Å². The van der Waals surface area contributed by atoms with E-state index in [2.05, 4.69) is 59.0 Å². The molecule has 0 aliphatic carbocycles. The Hall–Kier alpha value is -2.56. The lowest BCUT2D eigenvalue weighted by molar-refractivity contribution is 0.0755. The Labute approximate surface area is 162 Å². The molecule has 5 heteroatoms. The van der Waals surface area contributed by atoms with Crippen LogP contribution in [0.3, 0.4) is 0 Å². The van der Waals surface area contributed by atoms with E-state index in [4.69, 9.17) is 0 Å². The maximum atomic E-state index is 12.7. The quantitative estimate of drug-likeness (QED) is 0.750. The van der Waals surface area contributed by atoms with E-state index in [0.717, 1.165) is 57.9 Å². The van der Waals surface area contributed by atoms with Crippen molar-refractivity contribution in [2.75, 3.05) is 49.1 Å². The highest BCUT2D eigenvalue weighted by Crippen LogP contribution is 2.19. The van der Waals surface area contributed by atoms with Crippen molar-refractivity contribution in [2.24, 2.45) is 0 Å². The van der Waals surface area contributed by atoms with Gasteiger partial charge in [-0.2, -0.15) is 0 Å². The predicted octanol–water partition coefficient (Wildman–Crippen LogP) is 3.67. The standard InChI is InChI=1S/C22H30N4O/c1-3-12-26(13-4-2)22(27)19-10-11-21(23-18-19)25-16-14-24(15-17-25)20-8-6-5-7-9-20/h5-11,18H,3-4,12-17H2,1-2H3. The minimum atomic E-state index is 0.0895. The van der Waals surface area contributed by atoms with Crippen LogP contribution in [0.15, 0.2) is 48.7 Å². The van der Waals surface area contributed by atoms with Crippen LogP contribution in [0.25, 0.3) is 0 Å². The van der Waals surface area contributed by atoms with Crippen molar-refractivity contribution < 1.29 is 4.79 Å². The second kappa shape index (κ2) is 9.40. The number of nitrogens with zero attached hydrogens (tertiary/aromatic N) is 4. The Morgan fingerprint density at radius 2 is 1.56 bits per heavy atom. The Balaban J connectivity index is 1.60. The van der Waals surface area contributed by atoms with Crippen molar-refractivity contribution in [3.8, 4) is 0 Å². The number of hydrogen-bond acceptors (Lipinski definition) is 4. The van der Waals surface area contributed by atoms with Crippen LogP contribution in [-0.2, 0) is 0 Å². The molecule has 1 aliphatic rings. The summed E-state index contributed by atoms with van der Waals surface area (Å²) >= 11 is 0. The topological polar surface area (TPSA) is 39.7 Å². The molecule has 0 saturated carbocycles. The number of carbonyl (C=O) groups is 1. The average molecular weight is 367 g/mol. The molecule has 1 saturated heterocycles. The molecule has 0 radical (unpaired) electrons. The fraction of sp³-hybridized carbons (Fsp3) is 0.455. The number of hydrogen-bond donors (Lipinski definition) is 0. The molecule has 0 N–H and O–H groups in total. The van der Waals surface area contributed by atoms with Crippen LogP contribution in [0.5, 0.6) is 0 Å². The summed E-state index contributed by atoms with van der Waals surface area (Å²) in [5.41, 5.74) is 1.96. The van der Waals surface area contributed by atoms with Crippen LogP contribution in [-0.4, -0.2) is 55.1 Å². The average Bonchev–Trinajstić information content (AvgIpc) is 2.74. The smallest absolute Gasteiger partial charge is 0.255 e. The van der Waals surface area contributed by atoms with Gasteiger partial charge in [-0.15, -0.1) is 0 Å². The molecule has 1 aromatic heterocycles. The second-order valence-corrected chi connectivity index (χ2v) is 7.01. The highest BCUT2D eigenvalue weighted by Gasteiger charge is 2.19. The summed E-state index contributed by atoms with van der Waals surface area (Å²) in [7, 11) is 0. The first-order valence-electron chi connectivity index (χ1n) is 10.0. The highest BCUT2D eigenvalue weighted by atomic mass is 16.2. The molecule has 144 valence electrons. The maximum absolute atomic E-state index is 12.7. The first kappa shape index (κ1) is 19.2. The molecule has 1 amide bonds. The maximum Gasteiger partial charge on any atom is 0.255 e. The van der Waals surface area contributed by atoms with E-state index in [0.29, 0.717) is 5.56 Å². The van der Waals surface area contributed by atoms with E-state index in [1.807, 2.05) is 17.0 Å². The van der Waals surface area contributed by atoms with Gasteiger partial charge < -0.3 is 14.7 Å². The molecular weight excluding hydrogens is 336 g/mol. The summed E-state index contributed by atoms with van der Waals surface area (Å²) in [6.07, 6.45) is 3.69. The predicted molar refractivity (Wildman–Crippen MR) is 112 cm³/mol. The van der Waals surface area contributed by atoms with Crippen molar-refractivity contribution >= 4 is 17.4 Å². The molecule has 5 nitrogen and oxygen atoms in total. The van der Waals surface area contributed by atoms with E-state index >= 15 is 0 Å². The summed E-state index contributed by atoms with van der Waals surface area (Å²) in [6, 6.07) is 14.4. The zero-order valence-electron chi connectivity index (χ0n) is 16.5. The minimum absolute atomic E-state index is 0.0895. The molecule has 0 bridgehead atoms. The number of anilines is 2. The number of aromatic nitrogens is 1. The van der Waals surface area contributed by atoms with Crippen LogP contribution < -0.4 is 9.80 Å². The van der Waals surface area contributed by atoms with Crippen LogP contribution in [0, 0.1) is 0 Å². The third-order valence-electron chi connectivity index (χ3n) is 4.99. The first-order valence-corrected chi connectivity index (χ1v) is 10.0. The molecule has 2 heterocycles. The van der Waals surface area contributed by atoms with Crippen molar-refractivity contribution in [2.45, 2.75) is 26.7 Å². The fourth-order valence-electron chi connectivity index (χ4n) is 3.57. The molecular formula is C22H30N4O. The van der Waals surface area contributed by atoms with Crippen LogP contribution in [0.1, 0.15) is 37.0 Å². The van der Waals surface area contributed by atoms with Gasteiger partial charge in [0, 0.05) is 51.2 Å². The lowest BCUT2D eigenvalue weighted by Crippen LogP contribution is -2.46. The van der Waals surface area contributed by atoms with Gasteiger partial charge in [-0.25, -0.2) is 4.98 Å². The zero-order valence-corrected chi connectivity index (χ0v) is 16.5. The minimum Gasteiger partial charge on any atom is -0.368 e. The molecule has 1 fully saturated rings. The summed E-state index contributed by atoms with van der Waals surface area (Å²) in [6.45, 7) is 9.64. The van der Waals surface area contributed by atoms with Gasteiger partial charge in [0.1, 0.15) is 5.82 Å². The first-order chi connectivity index (χ1) is 13.2. The van der Waals surface area contributed by atoms with E-state index < -0.39 is 0 Å². The number of carbonyl (C=O) groups excluding carboxylic acids is 1. The van der Waals surface area contributed by atoms with Gasteiger partial charge in [0.25, 0.3) is 5.91 Å². The molecule has 1 aliphatic heterocycles. The van der Waals surface area contributed by atoms with E-state index in [9.17, 15) is 4.79 Å². The van der Waals surface area contributed by atoms with E-state index in [1.54, 1.807) is 6.20 Å². The monoisotopic (exact) mass is 366 g/mol. The van der Waals surface area contributed by atoms with Crippen molar-refractivity contribution in [1.82, 2.24) is 9.88 Å².